The molecule has 0 amide bonds. The van der Waals surface area contributed by atoms with Gasteiger partial charge in [0.05, 0.1) is 36.1 Å². The summed E-state index contributed by atoms with van der Waals surface area (Å²) in [6.45, 7) is 5.28. The van der Waals surface area contributed by atoms with E-state index in [-0.39, 0.29) is 11.3 Å². The standard InChI is InChI=1S/C18H22F3N3O/c19-18(20,21)16-4-3-14(11-22)10-17(16)24-5-1-2-15(13-24)12-23-6-8-25-9-7-23/h3-4,10,15H,1-2,5-9,12-13H2. The topological polar surface area (TPSA) is 39.5 Å². The molecule has 0 spiro atoms. The maximum absolute atomic E-state index is 13.4. The number of ether oxygens (including phenoxy) is 1. The second kappa shape index (κ2) is 7.63. The molecule has 1 aromatic carbocycles. The molecule has 2 saturated heterocycles. The molecule has 2 heterocycles. The summed E-state index contributed by atoms with van der Waals surface area (Å²) in [4.78, 5) is 4.13. The smallest absolute Gasteiger partial charge is 0.379 e. The molecule has 0 saturated carbocycles. The highest BCUT2D eigenvalue weighted by Gasteiger charge is 2.36. The highest BCUT2D eigenvalue weighted by Crippen LogP contribution is 2.38. The number of anilines is 1. The average Bonchev–Trinajstić information content (AvgIpc) is 2.61. The summed E-state index contributed by atoms with van der Waals surface area (Å²) in [6, 6.07) is 5.59. The predicted octanol–water partition coefficient (Wildman–Crippen LogP) is 3.13. The van der Waals surface area contributed by atoms with E-state index >= 15 is 0 Å². The van der Waals surface area contributed by atoms with E-state index in [2.05, 4.69) is 4.90 Å². The summed E-state index contributed by atoms with van der Waals surface area (Å²) in [6.07, 6.45) is -2.53. The summed E-state index contributed by atoms with van der Waals surface area (Å²) < 4.78 is 45.5. The Bertz CT molecular complexity index is 635. The fourth-order valence-electron chi connectivity index (χ4n) is 3.68. The summed E-state index contributed by atoms with van der Waals surface area (Å²) in [5, 5.41) is 9.05. The molecule has 1 aromatic rings. The second-order valence-electron chi connectivity index (χ2n) is 6.71. The molecular formula is C18H22F3N3O. The molecule has 2 aliphatic heterocycles. The van der Waals surface area contributed by atoms with E-state index in [1.54, 1.807) is 4.90 Å². The van der Waals surface area contributed by atoms with Crippen LogP contribution in [0.5, 0.6) is 0 Å². The number of piperidine rings is 1. The Kier molecular flexibility index (Phi) is 5.50. The Hall–Kier alpha value is -1.78. The molecule has 136 valence electrons. The normalized spacial score (nSPS) is 22.6. The van der Waals surface area contributed by atoms with Crippen molar-refractivity contribution in [1.29, 1.82) is 5.26 Å². The maximum Gasteiger partial charge on any atom is 0.418 e. The fraction of sp³-hybridized carbons (Fsp3) is 0.611. The van der Waals surface area contributed by atoms with Crippen LogP contribution >= 0.6 is 0 Å². The molecule has 0 bridgehead atoms. The molecule has 3 rings (SSSR count). The first-order chi connectivity index (χ1) is 12.0. The highest BCUT2D eigenvalue weighted by atomic mass is 19.4. The van der Waals surface area contributed by atoms with Crippen molar-refractivity contribution in [2.45, 2.75) is 19.0 Å². The van der Waals surface area contributed by atoms with Crippen LogP contribution in [0.3, 0.4) is 0 Å². The summed E-state index contributed by atoms with van der Waals surface area (Å²) in [5.74, 6) is 0.332. The molecule has 25 heavy (non-hydrogen) atoms. The van der Waals surface area contributed by atoms with Crippen LogP contribution < -0.4 is 4.90 Å². The van der Waals surface area contributed by atoms with Crippen molar-refractivity contribution in [1.82, 2.24) is 4.90 Å². The Morgan fingerprint density at radius 2 is 1.96 bits per heavy atom. The van der Waals surface area contributed by atoms with Crippen molar-refractivity contribution in [3.8, 4) is 6.07 Å². The van der Waals surface area contributed by atoms with Crippen molar-refractivity contribution in [3.63, 3.8) is 0 Å². The lowest BCUT2D eigenvalue weighted by atomic mass is 9.95. The first-order valence-corrected chi connectivity index (χ1v) is 8.64. The summed E-state index contributed by atoms with van der Waals surface area (Å²) in [7, 11) is 0. The number of hydrogen-bond donors (Lipinski definition) is 0. The first-order valence-electron chi connectivity index (χ1n) is 8.64. The van der Waals surface area contributed by atoms with Crippen LogP contribution in [0, 0.1) is 17.2 Å². The van der Waals surface area contributed by atoms with Crippen molar-refractivity contribution in [2.24, 2.45) is 5.92 Å². The lowest BCUT2D eigenvalue weighted by Crippen LogP contribution is -2.45. The van der Waals surface area contributed by atoms with Gasteiger partial charge in [-0.1, -0.05) is 0 Å². The van der Waals surface area contributed by atoms with E-state index in [1.807, 2.05) is 6.07 Å². The zero-order valence-electron chi connectivity index (χ0n) is 14.1. The van der Waals surface area contributed by atoms with E-state index in [0.717, 1.165) is 51.8 Å². The highest BCUT2D eigenvalue weighted by molar-refractivity contribution is 5.59. The SMILES string of the molecule is N#Cc1ccc(C(F)(F)F)c(N2CCCC(CN3CCOCC3)C2)c1. The van der Waals surface area contributed by atoms with Crippen LogP contribution in [0.4, 0.5) is 18.9 Å². The third-order valence-corrected chi connectivity index (χ3v) is 4.91. The van der Waals surface area contributed by atoms with E-state index in [0.29, 0.717) is 19.0 Å². The van der Waals surface area contributed by atoms with Crippen LogP contribution in [0.2, 0.25) is 0 Å². The van der Waals surface area contributed by atoms with Crippen molar-refractivity contribution in [3.05, 3.63) is 29.3 Å². The quantitative estimate of drug-likeness (QED) is 0.837. The van der Waals surface area contributed by atoms with Gasteiger partial charge in [0.1, 0.15) is 0 Å². The van der Waals surface area contributed by atoms with Gasteiger partial charge in [0.15, 0.2) is 0 Å². The van der Waals surface area contributed by atoms with E-state index in [9.17, 15) is 13.2 Å². The molecule has 1 unspecified atom stereocenters. The zero-order valence-corrected chi connectivity index (χ0v) is 14.1. The number of rotatable bonds is 3. The van der Waals surface area contributed by atoms with Gasteiger partial charge in [-0.3, -0.25) is 4.90 Å². The monoisotopic (exact) mass is 353 g/mol. The molecule has 2 fully saturated rings. The number of nitriles is 1. The molecule has 7 heteroatoms. The third-order valence-electron chi connectivity index (χ3n) is 4.91. The van der Waals surface area contributed by atoms with Crippen LogP contribution in [0.1, 0.15) is 24.0 Å². The fourth-order valence-corrected chi connectivity index (χ4v) is 3.68. The Morgan fingerprint density at radius 3 is 2.64 bits per heavy atom. The average molecular weight is 353 g/mol. The van der Waals surface area contributed by atoms with Gasteiger partial charge in [-0.05, 0) is 37.0 Å². The molecule has 2 aliphatic rings. The summed E-state index contributed by atoms with van der Waals surface area (Å²) >= 11 is 0. The van der Waals surface area contributed by atoms with Gasteiger partial charge >= 0.3 is 6.18 Å². The van der Waals surface area contributed by atoms with Gasteiger partial charge < -0.3 is 9.64 Å². The molecule has 0 aromatic heterocycles. The Labute approximate surface area is 145 Å². The first kappa shape index (κ1) is 18.0. The Morgan fingerprint density at radius 1 is 1.20 bits per heavy atom. The van der Waals surface area contributed by atoms with Gasteiger partial charge in [0, 0.05) is 32.7 Å². The lowest BCUT2D eigenvalue weighted by molar-refractivity contribution is -0.137. The number of nitrogens with zero attached hydrogens (tertiary/aromatic N) is 3. The van der Waals surface area contributed by atoms with Crippen molar-refractivity contribution < 1.29 is 17.9 Å². The minimum Gasteiger partial charge on any atom is -0.379 e. The molecule has 0 N–H and O–H groups in total. The molecule has 4 nitrogen and oxygen atoms in total. The van der Waals surface area contributed by atoms with Gasteiger partial charge in [0.25, 0.3) is 0 Å². The second-order valence-corrected chi connectivity index (χ2v) is 6.71. The van der Waals surface area contributed by atoms with Gasteiger partial charge in [0.2, 0.25) is 0 Å². The Balaban J connectivity index is 1.77. The van der Waals surface area contributed by atoms with Crippen molar-refractivity contribution in [2.75, 3.05) is 50.8 Å². The largest absolute Gasteiger partial charge is 0.418 e. The predicted molar refractivity (Wildman–Crippen MR) is 88.4 cm³/mol. The van der Waals surface area contributed by atoms with Crippen LogP contribution in [-0.4, -0.2) is 50.8 Å². The van der Waals surface area contributed by atoms with Gasteiger partial charge in [-0.2, -0.15) is 18.4 Å². The number of benzene rings is 1. The van der Waals surface area contributed by atoms with Crippen LogP contribution in [0.25, 0.3) is 0 Å². The zero-order chi connectivity index (χ0) is 17.9. The number of halogens is 3. The number of alkyl halides is 3. The van der Waals surface area contributed by atoms with E-state index in [4.69, 9.17) is 10.00 Å². The van der Waals surface area contributed by atoms with Crippen LogP contribution in [-0.2, 0) is 10.9 Å². The molecular weight excluding hydrogens is 331 g/mol. The minimum absolute atomic E-state index is 0.137. The van der Waals surface area contributed by atoms with Gasteiger partial charge in [-0.15, -0.1) is 0 Å². The number of hydrogen-bond acceptors (Lipinski definition) is 4. The molecule has 0 aliphatic carbocycles. The molecule has 0 radical (unpaired) electrons. The van der Waals surface area contributed by atoms with E-state index in [1.165, 1.54) is 12.1 Å². The molecule has 1 atom stereocenters. The van der Waals surface area contributed by atoms with Crippen LogP contribution in [0.15, 0.2) is 18.2 Å². The summed E-state index contributed by atoms with van der Waals surface area (Å²) in [5.41, 5.74) is -0.255. The lowest BCUT2D eigenvalue weighted by Gasteiger charge is -2.38. The van der Waals surface area contributed by atoms with Gasteiger partial charge in [-0.25, -0.2) is 0 Å². The third kappa shape index (κ3) is 4.44. The van der Waals surface area contributed by atoms with E-state index < -0.39 is 11.7 Å². The maximum atomic E-state index is 13.4. The van der Waals surface area contributed by atoms with Crippen molar-refractivity contribution >= 4 is 5.69 Å². The number of morpholine rings is 1. The minimum atomic E-state index is -4.42.